The van der Waals surface area contributed by atoms with Crippen LogP contribution in [0, 0.1) is 0 Å². The smallest absolute Gasteiger partial charge is 0.116 e. The Balaban J connectivity index is 2.55. The molecule has 0 amide bonds. The van der Waals surface area contributed by atoms with Crippen LogP contribution in [0.3, 0.4) is 0 Å². The van der Waals surface area contributed by atoms with E-state index >= 15 is 0 Å². The summed E-state index contributed by atoms with van der Waals surface area (Å²) in [5.41, 5.74) is 2.24. The van der Waals surface area contributed by atoms with Crippen LogP contribution in [0.1, 0.15) is 5.56 Å². The Bertz CT molecular complexity index is 435. The Morgan fingerprint density at radius 2 is 2.31 bits per heavy atom. The van der Waals surface area contributed by atoms with E-state index < -0.39 is 0 Å². The predicted molar refractivity (Wildman–Crippen MR) is 53.4 cm³/mol. The van der Waals surface area contributed by atoms with Crippen LogP contribution in [0.25, 0.3) is 10.9 Å². The summed E-state index contributed by atoms with van der Waals surface area (Å²) in [5, 5.41) is 1.09. The normalized spacial score (nSPS) is 10.2. The molecule has 0 unspecified atom stereocenters. The molecule has 0 bridgehead atoms. The summed E-state index contributed by atoms with van der Waals surface area (Å²) < 4.78 is 0. The molecule has 2 rings (SSSR count). The van der Waals surface area contributed by atoms with Crippen molar-refractivity contribution < 1.29 is 0 Å². The Hall–Kier alpha value is -1.70. The molecule has 0 aliphatic carbocycles. The van der Waals surface area contributed by atoms with Crippen LogP contribution in [-0.2, 0) is 6.42 Å². The van der Waals surface area contributed by atoms with Crippen LogP contribution >= 0.6 is 0 Å². The number of hydrogen-bond donors (Lipinski definition) is 0. The summed E-state index contributed by atoms with van der Waals surface area (Å²) in [6.45, 7) is 3.70. The van der Waals surface area contributed by atoms with Crippen molar-refractivity contribution in [2.75, 3.05) is 0 Å². The third kappa shape index (κ3) is 1.56. The molecule has 1 aromatic carbocycles. The predicted octanol–water partition coefficient (Wildman–Crippen LogP) is 2.36. The fourth-order valence-electron chi connectivity index (χ4n) is 1.33. The zero-order chi connectivity index (χ0) is 9.10. The summed E-state index contributed by atoms with van der Waals surface area (Å²) in [6.07, 6.45) is 6.18. The summed E-state index contributed by atoms with van der Waals surface area (Å²) in [4.78, 5) is 8.12. The van der Waals surface area contributed by atoms with Gasteiger partial charge in [0.15, 0.2) is 0 Å². The molecule has 0 aliphatic heterocycles. The molecular formula is C11H10N2. The maximum atomic E-state index is 4.15. The molecule has 0 spiro atoms. The van der Waals surface area contributed by atoms with Gasteiger partial charge in [-0.25, -0.2) is 9.97 Å². The highest BCUT2D eigenvalue weighted by Gasteiger charge is 1.94. The first-order valence-electron chi connectivity index (χ1n) is 4.19. The van der Waals surface area contributed by atoms with E-state index in [4.69, 9.17) is 0 Å². The molecule has 0 N–H and O–H groups in total. The Morgan fingerprint density at radius 1 is 1.38 bits per heavy atom. The molecule has 0 fully saturated rings. The standard InChI is InChI=1S/C11H10N2/c1-2-3-9-4-5-11-10(6-9)7-12-8-13-11/h2,4-8H,1,3H2. The van der Waals surface area contributed by atoms with Crippen LogP contribution in [-0.4, -0.2) is 9.97 Å². The van der Waals surface area contributed by atoms with E-state index in [2.05, 4.69) is 28.7 Å². The monoisotopic (exact) mass is 170 g/mol. The molecule has 0 atom stereocenters. The molecule has 1 aromatic heterocycles. The van der Waals surface area contributed by atoms with Crippen molar-refractivity contribution in [2.45, 2.75) is 6.42 Å². The van der Waals surface area contributed by atoms with Crippen LogP contribution in [0.2, 0.25) is 0 Å². The van der Waals surface area contributed by atoms with Gasteiger partial charge in [-0.1, -0.05) is 12.1 Å². The molecule has 0 saturated heterocycles. The molecule has 1 heterocycles. The highest BCUT2D eigenvalue weighted by Crippen LogP contribution is 2.12. The third-order valence-corrected chi connectivity index (χ3v) is 1.95. The number of benzene rings is 1. The molecule has 2 heteroatoms. The lowest BCUT2D eigenvalue weighted by atomic mass is 10.1. The van der Waals surface area contributed by atoms with Crippen LogP contribution in [0.5, 0.6) is 0 Å². The van der Waals surface area contributed by atoms with E-state index in [1.165, 1.54) is 5.56 Å². The van der Waals surface area contributed by atoms with Crippen LogP contribution in [0.15, 0.2) is 43.4 Å². The number of aromatic nitrogens is 2. The van der Waals surface area contributed by atoms with Crippen molar-refractivity contribution in [2.24, 2.45) is 0 Å². The molecule has 0 saturated carbocycles. The van der Waals surface area contributed by atoms with Gasteiger partial charge in [-0.15, -0.1) is 6.58 Å². The fourth-order valence-corrected chi connectivity index (χ4v) is 1.33. The minimum absolute atomic E-state index is 0.894. The third-order valence-electron chi connectivity index (χ3n) is 1.95. The second-order valence-corrected chi connectivity index (χ2v) is 2.91. The van der Waals surface area contributed by atoms with Crippen molar-refractivity contribution in [3.8, 4) is 0 Å². The number of rotatable bonds is 2. The van der Waals surface area contributed by atoms with Crippen molar-refractivity contribution in [1.29, 1.82) is 0 Å². The Morgan fingerprint density at radius 3 is 3.15 bits per heavy atom. The molecule has 2 aromatic rings. The number of allylic oxidation sites excluding steroid dienone is 1. The van der Waals surface area contributed by atoms with Crippen molar-refractivity contribution >= 4 is 10.9 Å². The van der Waals surface area contributed by atoms with Crippen molar-refractivity contribution in [1.82, 2.24) is 9.97 Å². The minimum Gasteiger partial charge on any atom is -0.244 e. The quantitative estimate of drug-likeness (QED) is 0.646. The van der Waals surface area contributed by atoms with E-state index in [-0.39, 0.29) is 0 Å². The van der Waals surface area contributed by atoms with Crippen molar-refractivity contribution in [3.63, 3.8) is 0 Å². The van der Waals surface area contributed by atoms with Gasteiger partial charge in [0.05, 0.1) is 5.52 Å². The number of hydrogen-bond acceptors (Lipinski definition) is 2. The summed E-state index contributed by atoms with van der Waals surface area (Å²) in [6, 6.07) is 6.17. The van der Waals surface area contributed by atoms with E-state index in [1.807, 2.05) is 18.3 Å². The first-order valence-corrected chi connectivity index (χ1v) is 4.19. The molecular weight excluding hydrogens is 160 g/mol. The molecule has 2 nitrogen and oxygen atoms in total. The van der Waals surface area contributed by atoms with Gasteiger partial charge in [0.25, 0.3) is 0 Å². The lowest BCUT2D eigenvalue weighted by molar-refractivity contribution is 1.21. The van der Waals surface area contributed by atoms with Gasteiger partial charge < -0.3 is 0 Å². The van der Waals surface area contributed by atoms with Crippen LogP contribution in [0.4, 0.5) is 0 Å². The highest BCUT2D eigenvalue weighted by molar-refractivity contribution is 5.77. The van der Waals surface area contributed by atoms with Gasteiger partial charge in [0, 0.05) is 11.6 Å². The largest absolute Gasteiger partial charge is 0.244 e. The average molecular weight is 170 g/mol. The van der Waals surface area contributed by atoms with E-state index in [0.717, 1.165) is 17.3 Å². The maximum absolute atomic E-state index is 4.15. The number of nitrogens with zero attached hydrogens (tertiary/aromatic N) is 2. The SMILES string of the molecule is C=CCc1ccc2ncncc2c1. The molecule has 64 valence electrons. The second-order valence-electron chi connectivity index (χ2n) is 2.91. The van der Waals surface area contributed by atoms with E-state index in [9.17, 15) is 0 Å². The van der Waals surface area contributed by atoms with Crippen molar-refractivity contribution in [3.05, 3.63) is 48.9 Å². The maximum Gasteiger partial charge on any atom is 0.116 e. The fraction of sp³-hybridized carbons (Fsp3) is 0.0909. The summed E-state index contributed by atoms with van der Waals surface area (Å²) in [5.74, 6) is 0. The first kappa shape index (κ1) is 7.92. The zero-order valence-corrected chi connectivity index (χ0v) is 7.27. The lowest BCUT2D eigenvalue weighted by Gasteiger charge is -1.98. The zero-order valence-electron chi connectivity index (χ0n) is 7.27. The second kappa shape index (κ2) is 3.35. The minimum atomic E-state index is 0.894. The molecule has 0 aliphatic rings. The highest BCUT2D eigenvalue weighted by atomic mass is 14.8. The van der Waals surface area contributed by atoms with Gasteiger partial charge in [-0.2, -0.15) is 0 Å². The Kier molecular flexibility index (Phi) is 2.04. The van der Waals surface area contributed by atoms with E-state index in [1.54, 1.807) is 6.33 Å². The molecule has 13 heavy (non-hydrogen) atoms. The molecule has 0 radical (unpaired) electrons. The van der Waals surface area contributed by atoms with Gasteiger partial charge in [-0.05, 0) is 24.1 Å². The average Bonchev–Trinajstić information content (AvgIpc) is 2.18. The topological polar surface area (TPSA) is 25.8 Å². The van der Waals surface area contributed by atoms with Crippen LogP contribution < -0.4 is 0 Å². The summed E-state index contributed by atoms with van der Waals surface area (Å²) >= 11 is 0. The lowest BCUT2D eigenvalue weighted by Crippen LogP contribution is -1.84. The van der Waals surface area contributed by atoms with Gasteiger partial charge in [0.1, 0.15) is 6.33 Å². The van der Waals surface area contributed by atoms with Gasteiger partial charge in [-0.3, -0.25) is 0 Å². The van der Waals surface area contributed by atoms with E-state index in [0.29, 0.717) is 0 Å². The Labute approximate surface area is 77.0 Å². The first-order chi connectivity index (χ1) is 6.40. The number of fused-ring (bicyclic) bond motifs is 1. The van der Waals surface area contributed by atoms with Gasteiger partial charge >= 0.3 is 0 Å². The summed E-state index contributed by atoms with van der Waals surface area (Å²) in [7, 11) is 0. The van der Waals surface area contributed by atoms with Gasteiger partial charge in [0.2, 0.25) is 0 Å².